The number of hydrogen-bond acceptors (Lipinski definition) is 6. The van der Waals surface area contributed by atoms with E-state index in [-0.39, 0.29) is 0 Å². The molecule has 180 valence electrons. The molecule has 9 nitrogen and oxygen atoms in total. The number of methoxy groups -OCH3 is 1. The lowest BCUT2D eigenvalue weighted by Gasteiger charge is -2.41. The maximum Gasteiger partial charge on any atom is 0.191 e. The minimum absolute atomic E-state index is 0.290. The third kappa shape index (κ3) is 6.20. The number of morpholine rings is 1. The van der Waals surface area contributed by atoms with Crippen LogP contribution in [-0.4, -0.2) is 84.7 Å². The first-order valence-corrected chi connectivity index (χ1v) is 12.5. The van der Waals surface area contributed by atoms with E-state index < -0.39 is 0 Å². The molecule has 32 heavy (non-hydrogen) atoms. The van der Waals surface area contributed by atoms with Crippen molar-refractivity contribution >= 4 is 5.96 Å². The number of nitrogens with one attached hydrogen (secondary N) is 2. The Labute approximate surface area is 192 Å². The molecule has 1 aromatic rings. The average Bonchev–Trinajstić information content (AvgIpc) is 3.21. The average molecular weight is 448 g/mol. The summed E-state index contributed by atoms with van der Waals surface area (Å²) in [6, 6.07) is 0.305. The number of nitrogens with zero attached hydrogens (tertiary/aromatic N) is 5. The molecule has 3 heterocycles. The maximum atomic E-state index is 5.57. The predicted molar refractivity (Wildman–Crippen MR) is 125 cm³/mol. The molecular weight excluding hydrogens is 406 g/mol. The number of guanidine groups is 1. The monoisotopic (exact) mass is 447 g/mol. The van der Waals surface area contributed by atoms with Crippen molar-refractivity contribution in [2.75, 3.05) is 53.0 Å². The molecular formula is C23H41N7O2. The molecule has 2 aliphatic heterocycles. The zero-order valence-electron chi connectivity index (χ0n) is 19.9. The Kier molecular flexibility index (Phi) is 8.37. The summed E-state index contributed by atoms with van der Waals surface area (Å²) in [5.41, 5.74) is 0.290. The minimum atomic E-state index is 0.290. The van der Waals surface area contributed by atoms with Gasteiger partial charge in [0.15, 0.2) is 11.8 Å². The highest BCUT2D eigenvalue weighted by molar-refractivity contribution is 5.80. The molecule has 0 radical (unpaired) electrons. The molecule has 1 aromatic heterocycles. The van der Waals surface area contributed by atoms with Crippen LogP contribution in [0.15, 0.2) is 4.99 Å². The van der Waals surface area contributed by atoms with Crippen molar-refractivity contribution in [2.45, 2.75) is 71.1 Å². The maximum absolute atomic E-state index is 5.57. The van der Waals surface area contributed by atoms with E-state index >= 15 is 0 Å². The van der Waals surface area contributed by atoms with Gasteiger partial charge >= 0.3 is 0 Å². The number of ether oxygens (including phenoxy) is 2. The second kappa shape index (κ2) is 11.4. The summed E-state index contributed by atoms with van der Waals surface area (Å²) in [5, 5.41) is 11.8. The van der Waals surface area contributed by atoms with Crippen molar-refractivity contribution < 1.29 is 9.47 Å². The predicted octanol–water partition coefficient (Wildman–Crippen LogP) is 1.58. The Morgan fingerprint density at radius 1 is 1.25 bits per heavy atom. The third-order valence-electron chi connectivity index (χ3n) is 7.01. The van der Waals surface area contributed by atoms with Gasteiger partial charge in [-0.1, -0.05) is 19.3 Å². The molecule has 0 amide bonds. The molecule has 0 bridgehead atoms. The Morgan fingerprint density at radius 2 is 2.06 bits per heavy atom. The standard InChI is InChI=1S/C23H41N7O2/c1-3-24-22(26-19-7-8-21-27-20(16-31-2)28-30(21)15-19)25-17-23(9-5-4-6-10-23)18-29-11-13-32-14-12-29/h19H,3-18H2,1-2H3,(H2,24,25,26). The molecule has 9 heteroatoms. The van der Waals surface area contributed by atoms with E-state index in [1.54, 1.807) is 7.11 Å². The van der Waals surface area contributed by atoms with Crippen LogP contribution in [0.1, 0.15) is 57.1 Å². The smallest absolute Gasteiger partial charge is 0.191 e. The van der Waals surface area contributed by atoms with E-state index in [0.29, 0.717) is 18.1 Å². The van der Waals surface area contributed by atoms with Gasteiger partial charge in [0.25, 0.3) is 0 Å². The second-order valence-electron chi connectivity index (χ2n) is 9.58. The van der Waals surface area contributed by atoms with E-state index in [1.165, 1.54) is 32.1 Å². The van der Waals surface area contributed by atoms with Gasteiger partial charge in [0.1, 0.15) is 12.4 Å². The number of hydrogen-bond donors (Lipinski definition) is 2. The van der Waals surface area contributed by atoms with Gasteiger partial charge in [-0.05, 0) is 26.2 Å². The summed E-state index contributed by atoms with van der Waals surface area (Å²) in [5.74, 6) is 2.76. The topological polar surface area (TPSA) is 88.8 Å². The summed E-state index contributed by atoms with van der Waals surface area (Å²) in [7, 11) is 1.68. The highest BCUT2D eigenvalue weighted by atomic mass is 16.5. The molecule has 2 N–H and O–H groups in total. The van der Waals surface area contributed by atoms with Gasteiger partial charge in [0.05, 0.1) is 19.8 Å². The van der Waals surface area contributed by atoms with Crippen LogP contribution >= 0.6 is 0 Å². The number of fused-ring (bicyclic) bond motifs is 1. The van der Waals surface area contributed by atoms with E-state index in [4.69, 9.17) is 14.5 Å². The first kappa shape index (κ1) is 23.4. The normalized spacial score (nSPS) is 24.2. The molecule has 1 saturated carbocycles. The quantitative estimate of drug-likeness (QED) is 0.462. The lowest BCUT2D eigenvalue weighted by atomic mass is 9.73. The molecule has 1 saturated heterocycles. The first-order valence-electron chi connectivity index (χ1n) is 12.5. The molecule has 4 rings (SSSR count). The summed E-state index contributed by atoms with van der Waals surface area (Å²) in [4.78, 5) is 12.3. The fourth-order valence-electron chi connectivity index (χ4n) is 5.33. The van der Waals surface area contributed by atoms with E-state index in [2.05, 4.69) is 32.5 Å². The SMILES string of the molecule is CCNC(=NCC1(CN2CCOCC2)CCCCC1)NC1CCc2nc(COC)nn2C1. The minimum Gasteiger partial charge on any atom is -0.379 e. The largest absolute Gasteiger partial charge is 0.379 e. The second-order valence-corrected chi connectivity index (χ2v) is 9.58. The van der Waals surface area contributed by atoms with Gasteiger partial charge in [-0.3, -0.25) is 9.89 Å². The highest BCUT2D eigenvalue weighted by Gasteiger charge is 2.34. The molecule has 0 spiro atoms. The Hall–Kier alpha value is -1.71. The van der Waals surface area contributed by atoms with Crippen molar-refractivity contribution in [3.63, 3.8) is 0 Å². The zero-order chi connectivity index (χ0) is 22.2. The zero-order valence-corrected chi connectivity index (χ0v) is 19.9. The highest BCUT2D eigenvalue weighted by Crippen LogP contribution is 2.37. The van der Waals surface area contributed by atoms with Crippen molar-refractivity contribution in [3.05, 3.63) is 11.6 Å². The van der Waals surface area contributed by atoms with Crippen molar-refractivity contribution in [2.24, 2.45) is 10.4 Å². The van der Waals surface area contributed by atoms with Crippen LogP contribution in [0, 0.1) is 5.41 Å². The lowest BCUT2D eigenvalue weighted by molar-refractivity contribution is 0.00937. The van der Waals surface area contributed by atoms with Crippen molar-refractivity contribution in [3.8, 4) is 0 Å². The molecule has 2 fully saturated rings. The molecule has 0 aromatic carbocycles. The van der Waals surface area contributed by atoms with Gasteiger partial charge in [-0.25, -0.2) is 9.67 Å². The van der Waals surface area contributed by atoms with Crippen LogP contribution in [0.5, 0.6) is 0 Å². The Balaban J connectivity index is 1.39. The number of aromatic nitrogens is 3. The van der Waals surface area contributed by atoms with Crippen molar-refractivity contribution in [1.29, 1.82) is 0 Å². The fraction of sp³-hybridized carbons (Fsp3) is 0.870. The van der Waals surface area contributed by atoms with Crippen LogP contribution < -0.4 is 10.6 Å². The summed E-state index contributed by atoms with van der Waals surface area (Å²) >= 11 is 0. The van der Waals surface area contributed by atoms with Gasteiger partial charge < -0.3 is 20.1 Å². The van der Waals surface area contributed by atoms with Crippen LogP contribution in [0.2, 0.25) is 0 Å². The molecule has 1 atom stereocenters. The van der Waals surface area contributed by atoms with Crippen molar-refractivity contribution in [1.82, 2.24) is 30.3 Å². The van der Waals surface area contributed by atoms with Crippen LogP contribution in [-0.2, 0) is 29.0 Å². The van der Waals surface area contributed by atoms with Gasteiger partial charge in [0.2, 0.25) is 0 Å². The first-order chi connectivity index (χ1) is 15.7. The summed E-state index contributed by atoms with van der Waals surface area (Å²) in [6.45, 7) is 10.1. The van der Waals surface area contributed by atoms with Crippen LogP contribution in [0.3, 0.4) is 0 Å². The third-order valence-corrected chi connectivity index (χ3v) is 7.01. The Morgan fingerprint density at radius 3 is 2.81 bits per heavy atom. The van der Waals surface area contributed by atoms with E-state index in [1.807, 2.05) is 4.68 Å². The van der Waals surface area contributed by atoms with Crippen LogP contribution in [0.4, 0.5) is 0 Å². The summed E-state index contributed by atoms with van der Waals surface area (Å²) in [6.07, 6.45) is 8.53. The van der Waals surface area contributed by atoms with E-state index in [9.17, 15) is 0 Å². The molecule has 3 aliphatic rings. The molecule has 1 aliphatic carbocycles. The number of aryl methyl sites for hydroxylation is 1. The van der Waals surface area contributed by atoms with Gasteiger partial charge in [-0.2, -0.15) is 5.10 Å². The lowest BCUT2D eigenvalue weighted by Crippen LogP contribution is -2.49. The Bertz CT molecular complexity index is 739. The number of rotatable bonds is 8. The molecule has 1 unspecified atom stereocenters. The number of aliphatic imine (C=N–C) groups is 1. The summed E-state index contributed by atoms with van der Waals surface area (Å²) < 4.78 is 12.8. The van der Waals surface area contributed by atoms with E-state index in [0.717, 1.165) is 82.9 Å². The fourth-order valence-corrected chi connectivity index (χ4v) is 5.33. The van der Waals surface area contributed by atoms with Gasteiger partial charge in [-0.15, -0.1) is 0 Å². The van der Waals surface area contributed by atoms with Crippen LogP contribution in [0.25, 0.3) is 0 Å². The van der Waals surface area contributed by atoms with Gasteiger partial charge in [0, 0.05) is 57.7 Å².